The van der Waals surface area contributed by atoms with Crippen molar-refractivity contribution in [2.45, 2.75) is 37.9 Å². The number of hydrogen-bond donors (Lipinski definition) is 2. The molecule has 2 atom stereocenters. The summed E-state index contributed by atoms with van der Waals surface area (Å²) in [6, 6.07) is 6.66. The quantitative estimate of drug-likeness (QED) is 0.499. The van der Waals surface area contributed by atoms with E-state index in [1.807, 2.05) is 36.6 Å². The second-order valence-electron chi connectivity index (χ2n) is 10.2. The van der Waals surface area contributed by atoms with Gasteiger partial charge in [0.05, 0.1) is 10.9 Å². The first-order chi connectivity index (χ1) is 19.7. The summed E-state index contributed by atoms with van der Waals surface area (Å²) >= 11 is 0. The van der Waals surface area contributed by atoms with Gasteiger partial charge in [-0.1, -0.05) is 36.0 Å². The van der Waals surface area contributed by atoms with E-state index in [1.165, 1.54) is 6.08 Å². The van der Waals surface area contributed by atoms with Crippen molar-refractivity contribution >= 4 is 28.5 Å². The number of fused-ring (bicyclic) bond motifs is 1. The minimum absolute atomic E-state index is 0.0870. The minimum atomic E-state index is -4.33. The molecule has 2 aliphatic carbocycles. The maximum atomic E-state index is 13.2. The van der Waals surface area contributed by atoms with E-state index >= 15 is 0 Å². The fraction of sp³-hybridized carbons (Fsp3) is 0.333. The molecule has 41 heavy (non-hydrogen) atoms. The maximum absolute atomic E-state index is 13.2. The molecule has 0 aromatic heterocycles. The lowest BCUT2D eigenvalue weighted by Crippen LogP contribution is -2.37. The third-order valence-corrected chi connectivity index (χ3v) is 8.71. The smallest absolute Gasteiger partial charge is 0.379 e. The summed E-state index contributed by atoms with van der Waals surface area (Å²) in [4.78, 5) is 30.1. The van der Waals surface area contributed by atoms with Gasteiger partial charge in [-0.2, -0.15) is 13.2 Å². The Morgan fingerprint density at radius 2 is 1.71 bits per heavy atom. The molecule has 2 N–H and O–H groups in total. The van der Waals surface area contributed by atoms with E-state index in [1.54, 1.807) is 34.1 Å². The summed E-state index contributed by atoms with van der Waals surface area (Å²) in [6.45, 7) is 1.71. The predicted molar refractivity (Wildman–Crippen MR) is 153 cm³/mol. The van der Waals surface area contributed by atoms with Crippen LogP contribution >= 0.6 is 0 Å². The van der Waals surface area contributed by atoms with Crippen molar-refractivity contribution in [1.29, 1.82) is 0 Å². The molecule has 7 nitrogen and oxygen atoms in total. The van der Waals surface area contributed by atoms with Crippen molar-refractivity contribution in [3.63, 3.8) is 0 Å². The number of amides is 2. The van der Waals surface area contributed by atoms with Crippen molar-refractivity contribution in [3.8, 4) is 0 Å². The van der Waals surface area contributed by atoms with Gasteiger partial charge in [-0.3, -0.25) is 9.59 Å². The molecule has 0 radical (unpaired) electrons. The van der Waals surface area contributed by atoms with Crippen LogP contribution in [0.25, 0.3) is 0 Å². The first-order valence-electron chi connectivity index (χ1n) is 13.5. The summed E-state index contributed by atoms with van der Waals surface area (Å²) in [6.07, 6.45) is 10.3. The molecule has 0 saturated carbocycles. The molecule has 1 saturated heterocycles. The van der Waals surface area contributed by atoms with Crippen LogP contribution in [0.1, 0.15) is 36.0 Å². The Labute approximate surface area is 239 Å². The molecule has 2 amide bonds. The Bertz CT molecular complexity index is 1410. The van der Waals surface area contributed by atoms with E-state index in [4.69, 9.17) is 0 Å². The summed E-state index contributed by atoms with van der Waals surface area (Å²) in [7, 11) is -1.48. The van der Waals surface area contributed by atoms with Gasteiger partial charge in [0.25, 0.3) is 5.91 Å². The lowest BCUT2D eigenvalue weighted by Gasteiger charge is -2.26. The van der Waals surface area contributed by atoms with Crippen LogP contribution in [0.2, 0.25) is 0 Å². The second-order valence-corrected chi connectivity index (χ2v) is 11.4. The SMILES string of the molecule is O=C(CC1=CC=C(C(F)(F)F)CC1)N1CCCN(C(=O)c2ccc(NS(=O)C3=CC=CC4=CC=CNC43)cc2)CC1. The highest BCUT2D eigenvalue weighted by Crippen LogP contribution is 2.33. The average molecular weight is 585 g/mol. The Kier molecular flexibility index (Phi) is 8.63. The number of halogens is 3. The molecule has 0 spiro atoms. The van der Waals surface area contributed by atoms with Gasteiger partial charge >= 0.3 is 6.18 Å². The number of carbonyl (C=O) groups excluding carboxylic acids is 2. The van der Waals surface area contributed by atoms with Gasteiger partial charge < -0.3 is 19.8 Å². The highest BCUT2D eigenvalue weighted by molar-refractivity contribution is 7.90. The van der Waals surface area contributed by atoms with Crippen LogP contribution in [-0.4, -0.2) is 64.2 Å². The molecule has 4 aliphatic rings. The van der Waals surface area contributed by atoms with Gasteiger partial charge in [0.2, 0.25) is 5.91 Å². The zero-order valence-electron chi connectivity index (χ0n) is 22.3. The van der Waals surface area contributed by atoms with Crippen molar-refractivity contribution in [3.05, 3.63) is 100 Å². The third-order valence-electron chi connectivity index (χ3n) is 7.49. The zero-order valence-corrected chi connectivity index (χ0v) is 23.1. The summed E-state index contributed by atoms with van der Waals surface area (Å²) in [5, 5.41) is 3.22. The Hall–Kier alpha value is -3.86. The molecule has 216 valence electrons. The number of alkyl halides is 3. The molecule has 11 heteroatoms. The largest absolute Gasteiger partial charge is 0.412 e. The summed E-state index contributed by atoms with van der Waals surface area (Å²) in [5.74, 6) is -0.289. The van der Waals surface area contributed by atoms with Gasteiger partial charge in [-0.05, 0) is 67.5 Å². The maximum Gasteiger partial charge on any atom is 0.412 e. The van der Waals surface area contributed by atoms with Gasteiger partial charge in [0.15, 0.2) is 0 Å². The van der Waals surface area contributed by atoms with E-state index in [2.05, 4.69) is 10.0 Å². The lowest BCUT2D eigenvalue weighted by atomic mass is 9.95. The molecule has 1 fully saturated rings. The number of nitrogens with one attached hydrogen (secondary N) is 2. The van der Waals surface area contributed by atoms with E-state index in [-0.39, 0.29) is 37.1 Å². The average Bonchev–Trinajstić information content (AvgIpc) is 3.23. The van der Waals surface area contributed by atoms with Crippen molar-refractivity contribution < 1.29 is 27.0 Å². The molecule has 2 heterocycles. The molecular formula is C30H31F3N4O3S. The van der Waals surface area contributed by atoms with Gasteiger partial charge in [0.1, 0.15) is 11.0 Å². The molecule has 0 bridgehead atoms. The summed E-state index contributed by atoms with van der Waals surface area (Å²) in [5.41, 5.74) is 2.26. The number of hydrogen-bond acceptors (Lipinski definition) is 4. The predicted octanol–water partition coefficient (Wildman–Crippen LogP) is 4.90. The van der Waals surface area contributed by atoms with Crippen LogP contribution in [0.4, 0.5) is 18.9 Å². The topological polar surface area (TPSA) is 81.8 Å². The van der Waals surface area contributed by atoms with E-state index in [9.17, 15) is 27.0 Å². The number of dihydropyridines is 1. The highest BCUT2D eigenvalue weighted by atomic mass is 32.2. The number of rotatable bonds is 6. The lowest BCUT2D eigenvalue weighted by molar-refractivity contribution is -0.130. The Balaban J connectivity index is 1.13. The van der Waals surface area contributed by atoms with Crippen molar-refractivity contribution in [2.75, 3.05) is 30.9 Å². The van der Waals surface area contributed by atoms with Crippen LogP contribution < -0.4 is 10.0 Å². The number of benzene rings is 1. The van der Waals surface area contributed by atoms with Gasteiger partial charge in [0, 0.05) is 49.4 Å². The van der Waals surface area contributed by atoms with Crippen LogP contribution in [0.15, 0.2) is 94.6 Å². The fourth-order valence-corrected chi connectivity index (χ4v) is 6.28. The van der Waals surface area contributed by atoms with E-state index in [0.717, 1.165) is 11.6 Å². The minimum Gasteiger partial charge on any atom is -0.379 e. The molecule has 1 aromatic carbocycles. The monoisotopic (exact) mass is 584 g/mol. The molecule has 5 rings (SSSR count). The Morgan fingerprint density at radius 3 is 2.44 bits per heavy atom. The third kappa shape index (κ3) is 6.90. The number of nitrogens with zero attached hydrogens (tertiary/aromatic N) is 2. The van der Waals surface area contributed by atoms with E-state index < -0.39 is 22.7 Å². The van der Waals surface area contributed by atoms with Crippen LogP contribution in [-0.2, 0) is 15.8 Å². The van der Waals surface area contributed by atoms with Gasteiger partial charge in [-0.15, -0.1) is 0 Å². The molecule has 2 unspecified atom stereocenters. The molecule has 2 aliphatic heterocycles. The standard InChI is InChI=1S/C30H31F3N4O3S/c31-30(32,33)24-11-7-21(8-12-24)20-27(38)36-16-3-17-37(19-18-36)29(39)23-9-13-25(14-10-23)35-41(40)26-6-1-4-22-5-2-15-34-28(22)26/h1-2,4-7,9-11,13-15,28,34-35H,3,8,12,16-20H2. The normalized spacial score (nSPS) is 21.4. The number of carbonyl (C=O) groups is 2. The second kappa shape index (κ2) is 12.3. The van der Waals surface area contributed by atoms with Crippen LogP contribution in [0.3, 0.4) is 0 Å². The highest BCUT2D eigenvalue weighted by Gasteiger charge is 2.34. The fourth-order valence-electron chi connectivity index (χ4n) is 5.19. The Morgan fingerprint density at radius 1 is 0.951 bits per heavy atom. The summed E-state index contributed by atoms with van der Waals surface area (Å²) < 4.78 is 54.6. The van der Waals surface area contributed by atoms with Crippen molar-refractivity contribution in [2.24, 2.45) is 0 Å². The zero-order chi connectivity index (χ0) is 29.0. The van der Waals surface area contributed by atoms with Gasteiger partial charge in [-0.25, -0.2) is 4.21 Å². The van der Waals surface area contributed by atoms with E-state index in [0.29, 0.717) is 54.3 Å². The van der Waals surface area contributed by atoms with Crippen LogP contribution in [0, 0.1) is 0 Å². The molecular weight excluding hydrogens is 553 g/mol. The number of anilines is 1. The first kappa shape index (κ1) is 28.7. The molecule has 1 aromatic rings. The van der Waals surface area contributed by atoms with Crippen LogP contribution in [0.5, 0.6) is 0 Å². The van der Waals surface area contributed by atoms with Crippen molar-refractivity contribution in [1.82, 2.24) is 15.1 Å². The first-order valence-corrected chi connectivity index (χ1v) is 14.7. The number of allylic oxidation sites excluding steroid dienone is 7.